The van der Waals surface area contributed by atoms with Gasteiger partial charge < -0.3 is 15.4 Å². The van der Waals surface area contributed by atoms with E-state index in [1.165, 1.54) is 0 Å². The summed E-state index contributed by atoms with van der Waals surface area (Å²) in [5.74, 6) is 0.614. The number of rotatable bonds is 3. The van der Waals surface area contributed by atoms with E-state index in [4.69, 9.17) is 22.1 Å². The zero-order chi connectivity index (χ0) is 14.7. The Morgan fingerprint density at radius 1 is 1.50 bits per heavy atom. The molecule has 0 aliphatic carbocycles. The third-order valence-electron chi connectivity index (χ3n) is 3.40. The van der Waals surface area contributed by atoms with Gasteiger partial charge in [-0.15, -0.1) is 0 Å². The van der Waals surface area contributed by atoms with E-state index < -0.39 is 6.10 Å². The summed E-state index contributed by atoms with van der Waals surface area (Å²) >= 11 is 9.26. The Balaban J connectivity index is 1.97. The summed E-state index contributed by atoms with van der Waals surface area (Å²) in [5, 5.41) is 0.619. The number of amides is 1. The van der Waals surface area contributed by atoms with Crippen molar-refractivity contribution in [3.8, 4) is 5.75 Å². The Hall–Kier alpha value is -0.780. The zero-order valence-electron chi connectivity index (χ0n) is 11.3. The fourth-order valence-electron chi connectivity index (χ4n) is 2.19. The van der Waals surface area contributed by atoms with Crippen molar-refractivity contribution in [2.45, 2.75) is 31.9 Å². The molecule has 20 heavy (non-hydrogen) atoms. The predicted octanol–water partition coefficient (Wildman–Crippen LogP) is 2.82. The van der Waals surface area contributed by atoms with Gasteiger partial charge in [0.15, 0.2) is 6.10 Å². The molecule has 0 spiro atoms. The number of nitrogens with two attached hydrogens (primary N) is 1. The van der Waals surface area contributed by atoms with Gasteiger partial charge in [0.25, 0.3) is 5.91 Å². The number of carbonyl (C=O) groups is 1. The molecule has 0 saturated carbocycles. The summed E-state index contributed by atoms with van der Waals surface area (Å²) in [4.78, 5) is 14.1. The smallest absolute Gasteiger partial charge is 0.263 e. The second kappa shape index (κ2) is 6.78. The van der Waals surface area contributed by atoms with Crippen LogP contribution in [0.4, 0.5) is 0 Å². The number of ether oxygens (including phenoxy) is 1. The number of nitrogens with zero attached hydrogens (tertiary/aromatic N) is 1. The largest absolute Gasteiger partial charge is 0.480 e. The molecule has 1 aliphatic rings. The lowest BCUT2D eigenvalue weighted by Crippen LogP contribution is -2.47. The normalized spacial score (nSPS) is 17.9. The maximum absolute atomic E-state index is 12.3. The number of likely N-dealkylation sites (tertiary alicyclic amines) is 1. The first-order valence-electron chi connectivity index (χ1n) is 6.63. The minimum atomic E-state index is -0.526. The van der Waals surface area contributed by atoms with Gasteiger partial charge in [-0.3, -0.25) is 4.79 Å². The maximum Gasteiger partial charge on any atom is 0.263 e. The van der Waals surface area contributed by atoms with E-state index in [1.807, 2.05) is 4.90 Å². The average molecular weight is 362 g/mol. The number of carbonyl (C=O) groups excluding carboxylic acids is 1. The van der Waals surface area contributed by atoms with Crippen LogP contribution in [0.5, 0.6) is 5.75 Å². The fourth-order valence-corrected chi connectivity index (χ4v) is 2.96. The molecule has 1 amide bonds. The molecule has 1 aromatic carbocycles. The fraction of sp³-hybridized carbons (Fsp3) is 0.500. The van der Waals surface area contributed by atoms with Crippen molar-refractivity contribution < 1.29 is 9.53 Å². The van der Waals surface area contributed by atoms with Crippen LogP contribution in [0.2, 0.25) is 5.02 Å². The SMILES string of the molecule is C[C@@H](Oc1ccc(Cl)cc1Br)C(=O)N1CCC(N)CC1. The summed E-state index contributed by atoms with van der Waals surface area (Å²) in [5.41, 5.74) is 5.84. The topological polar surface area (TPSA) is 55.6 Å². The Bertz CT molecular complexity index is 490. The number of halogens is 2. The molecule has 0 unspecified atom stereocenters. The second-order valence-electron chi connectivity index (χ2n) is 5.00. The molecule has 6 heteroatoms. The second-order valence-corrected chi connectivity index (χ2v) is 6.29. The van der Waals surface area contributed by atoms with Gasteiger partial charge in [-0.1, -0.05) is 11.6 Å². The van der Waals surface area contributed by atoms with E-state index in [1.54, 1.807) is 25.1 Å². The molecule has 0 bridgehead atoms. The van der Waals surface area contributed by atoms with Gasteiger partial charge >= 0.3 is 0 Å². The van der Waals surface area contributed by atoms with E-state index in [0.29, 0.717) is 23.9 Å². The van der Waals surface area contributed by atoms with Gasteiger partial charge in [0.2, 0.25) is 0 Å². The highest BCUT2D eigenvalue weighted by atomic mass is 79.9. The maximum atomic E-state index is 12.3. The van der Waals surface area contributed by atoms with E-state index in [-0.39, 0.29) is 11.9 Å². The van der Waals surface area contributed by atoms with Crippen molar-refractivity contribution in [1.82, 2.24) is 4.90 Å². The van der Waals surface area contributed by atoms with Gasteiger partial charge in [-0.25, -0.2) is 0 Å². The Morgan fingerprint density at radius 3 is 2.75 bits per heavy atom. The van der Waals surface area contributed by atoms with Crippen LogP contribution in [-0.4, -0.2) is 36.0 Å². The standard InChI is InChI=1S/C14H18BrClN2O2/c1-9(14(19)18-6-4-11(17)5-7-18)20-13-3-2-10(16)8-12(13)15/h2-3,8-9,11H,4-7,17H2,1H3/t9-/m1/s1. The van der Waals surface area contributed by atoms with Crippen LogP contribution >= 0.6 is 27.5 Å². The van der Waals surface area contributed by atoms with E-state index in [2.05, 4.69) is 15.9 Å². The van der Waals surface area contributed by atoms with Crippen LogP contribution in [0.3, 0.4) is 0 Å². The number of hydrogen-bond donors (Lipinski definition) is 1. The molecule has 0 radical (unpaired) electrons. The predicted molar refractivity (Wildman–Crippen MR) is 83.0 cm³/mol. The van der Waals surface area contributed by atoms with Crippen LogP contribution in [-0.2, 0) is 4.79 Å². The Labute approximate surface area is 132 Å². The van der Waals surface area contributed by atoms with Gasteiger partial charge in [0.1, 0.15) is 5.75 Å². The molecular weight excluding hydrogens is 344 g/mol. The van der Waals surface area contributed by atoms with Crippen molar-refractivity contribution in [3.63, 3.8) is 0 Å². The summed E-state index contributed by atoms with van der Waals surface area (Å²) in [6.07, 6.45) is 1.17. The lowest BCUT2D eigenvalue weighted by molar-refractivity contribution is -0.139. The summed E-state index contributed by atoms with van der Waals surface area (Å²) in [6, 6.07) is 5.44. The molecule has 1 saturated heterocycles. The quantitative estimate of drug-likeness (QED) is 0.900. The molecule has 110 valence electrons. The van der Waals surface area contributed by atoms with Crippen LogP contribution in [0.25, 0.3) is 0 Å². The third kappa shape index (κ3) is 3.87. The Morgan fingerprint density at radius 2 is 2.15 bits per heavy atom. The van der Waals surface area contributed by atoms with Crippen molar-refractivity contribution in [3.05, 3.63) is 27.7 Å². The first kappa shape index (κ1) is 15.6. The molecular formula is C14H18BrClN2O2. The van der Waals surface area contributed by atoms with Crippen molar-refractivity contribution in [1.29, 1.82) is 0 Å². The number of hydrogen-bond acceptors (Lipinski definition) is 3. The van der Waals surface area contributed by atoms with Crippen LogP contribution in [0.15, 0.2) is 22.7 Å². The van der Waals surface area contributed by atoms with Crippen molar-refractivity contribution in [2.24, 2.45) is 5.73 Å². The zero-order valence-corrected chi connectivity index (χ0v) is 13.7. The molecule has 0 aromatic heterocycles. The molecule has 2 rings (SSSR count). The highest BCUT2D eigenvalue weighted by Crippen LogP contribution is 2.29. The highest BCUT2D eigenvalue weighted by molar-refractivity contribution is 9.10. The molecule has 1 heterocycles. The van der Waals surface area contributed by atoms with Crippen LogP contribution in [0, 0.1) is 0 Å². The first-order chi connectivity index (χ1) is 9.47. The lowest BCUT2D eigenvalue weighted by Gasteiger charge is -2.32. The Kier molecular flexibility index (Phi) is 5.29. The average Bonchev–Trinajstić information content (AvgIpc) is 2.42. The number of piperidine rings is 1. The van der Waals surface area contributed by atoms with E-state index >= 15 is 0 Å². The van der Waals surface area contributed by atoms with Crippen molar-refractivity contribution >= 4 is 33.4 Å². The minimum absolute atomic E-state index is 0.00116. The van der Waals surface area contributed by atoms with E-state index in [0.717, 1.165) is 17.3 Å². The molecule has 4 nitrogen and oxygen atoms in total. The number of benzene rings is 1. The van der Waals surface area contributed by atoms with Crippen molar-refractivity contribution in [2.75, 3.05) is 13.1 Å². The van der Waals surface area contributed by atoms with Gasteiger partial charge in [-0.2, -0.15) is 0 Å². The van der Waals surface area contributed by atoms with Crippen LogP contribution in [0.1, 0.15) is 19.8 Å². The van der Waals surface area contributed by atoms with Gasteiger partial charge in [0.05, 0.1) is 4.47 Å². The highest BCUT2D eigenvalue weighted by Gasteiger charge is 2.26. The molecule has 1 fully saturated rings. The van der Waals surface area contributed by atoms with E-state index in [9.17, 15) is 4.79 Å². The molecule has 1 aromatic rings. The van der Waals surface area contributed by atoms with Gasteiger partial charge in [-0.05, 0) is 53.9 Å². The van der Waals surface area contributed by atoms with Gasteiger partial charge in [0, 0.05) is 24.2 Å². The first-order valence-corrected chi connectivity index (χ1v) is 7.80. The lowest BCUT2D eigenvalue weighted by atomic mass is 10.1. The summed E-state index contributed by atoms with van der Waals surface area (Å²) in [6.45, 7) is 3.17. The monoisotopic (exact) mass is 360 g/mol. The minimum Gasteiger partial charge on any atom is -0.480 e. The molecule has 1 aliphatic heterocycles. The third-order valence-corrected chi connectivity index (χ3v) is 4.25. The summed E-state index contributed by atoms with van der Waals surface area (Å²) in [7, 11) is 0. The summed E-state index contributed by atoms with van der Waals surface area (Å²) < 4.78 is 6.46. The molecule has 2 N–H and O–H groups in total. The molecule has 1 atom stereocenters. The van der Waals surface area contributed by atoms with Crippen LogP contribution < -0.4 is 10.5 Å².